The van der Waals surface area contributed by atoms with Crippen LogP contribution in [0.5, 0.6) is 0 Å². The molecule has 5 N–H and O–H groups in total. The maximum absolute atomic E-state index is 15.2. The summed E-state index contributed by atoms with van der Waals surface area (Å²) in [5.41, 5.74) is 0. The fourth-order valence-electron chi connectivity index (χ4n) is 3.97. The van der Waals surface area contributed by atoms with Crippen molar-refractivity contribution in [2.45, 2.75) is 118 Å². The fourth-order valence-corrected chi connectivity index (χ4v) is 3.97. The van der Waals surface area contributed by atoms with Gasteiger partial charge in [-0.3, -0.25) is 19.2 Å². The van der Waals surface area contributed by atoms with Crippen LogP contribution in [0.4, 0.5) is 8.78 Å². The van der Waals surface area contributed by atoms with E-state index in [2.05, 4.69) is 21.3 Å². The van der Waals surface area contributed by atoms with E-state index in [-0.39, 0.29) is 43.0 Å². The lowest BCUT2D eigenvalue weighted by atomic mass is 9.92. The van der Waals surface area contributed by atoms with Gasteiger partial charge in [0.05, 0.1) is 6.04 Å². The lowest BCUT2D eigenvalue weighted by molar-refractivity contribution is -0.170. The minimum absolute atomic E-state index is 0.0459. The Labute approximate surface area is 226 Å². The highest BCUT2D eigenvalue weighted by molar-refractivity contribution is 5.91. The molecule has 4 amide bonds. The van der Waals surface area contributed by atoms with Crippen molar-refractivity contribution in [3.8, 4) is 0 Å². The van der Waals surface area contributed by atoms with Gasteiger partial charge in [0, 0.05) is 12.5 Å². The predicted octanol–water partition coefficient (Wildman–Crippen LogP) is 2.76. The van der Waals surface area contributed by atoms with Crippen LogP contribution in [0.25, 0.3) is 0 Å². The molecule has 9 nitrogen and oxygen atoms in total. The molecule has 11 heteroatoms. The summed E-state index contributed by atoms with van der Waals surface area (Å²) in [6.45, 7) is 16.0. The smallest absolute Gasteiger partial charge is 0.351 e. The van der Waals surface area contributed by atoms with E-state index in [1.54, 1.807) is 41.5 Å². The number of likely N-dealkylation sites (N-methyl/N-ethyl adjacent to an activating group) is 1. The first-order chi connectivity index (χ1) is 17.5. The van der Waals surface area contributed by atoms with Gasteiger partial charge in [0.1, 0.15) is 18.2 Å². The van der Waals surface area contributed by atoms with Crippen molar-refractivity contribution in [3.63, 3.8) is 0 Å². The number of hydrogen-bond donors (Lipinski definition) is 5. The van der Waals surface area contributed by atoms with E-state index in [1.807, 2.05) is 20.8 Å². The number of rotatable bonds is 17. The van der Waals surface area contributed by atoms with Crippen LogP contribution in [0.3, 0.4) is 0 Å². The molecular formula is C27H50F2N4O5. The maximum Gasteiger partial charge on any atom is 0.351 e. The topological polar surface area (TPSA) is 137 Å². The van der Waals surface area contributed by atoms with Crippen molar-refractivity contribution in [1.82, 2.24) is 21.3 Å². The van der Waals surface area contributed by atoms with Gasteiger partial charge in [-0.25, -0.2) is 0 Å². The molecule has 0 unspecified atom stereocenters. The molecular weight excluding hydrogens is 498 g/mol. The molecule has 0 fully saturated rings. The molecule has 0 heterocycles. The van der Waals surface area contributed by atoms with Crippen molar-refractivity contribution in [2.24, 2.45) is 23.7 Å². The normalized spacial score (nSPS) is 16.7. The summed E-state index contributed by atoms with van der Waals surface area (Å²) in [7, 11) is 0. The molecule has 0 spiro atoms. The molecule has 0 aromatic carbocycles. The highest BCUT2D eigenvalue weighted by Crippen LogP contribution is 2.26. The maximum atomic E-state index is 15.2. The molecule has 6 atom stereocenters. The van der Waals surface area contributed by atoms with Crippen LogP contribution in [0.2, 0.25) is 0 Å². The van der Waals surface area contributed by atoms with Crippen molar-refractivity contribution < 1.29 is 33.1 Å². The molecule has 0 saturated heterocycles. The molecule has 0 bridgehead atoms. The Bertz CT molecular complexity index is 779. The van der Waals surface area contributed by atoms with E-state index >= 15 is 8.78 Å². The Hall–Kier alpha value is -2.30. The summed E-state index contributed by atoms with van der Waals surface area (Å²) in [5, 5.41) is 20.4. The Kier molecular flexibility index (Phi) is 15.6. The van der Waals surface area contributed by atoms with E-state index in [0.717, 1.165) is 6.42 Å². The number of aliphatic hydroxyl groups excluding tert-OH is 1. The number of carbonyl (C=O) groups is 4. The highest BCUT2D eigenvalue weighted by atomic mass is 19.3. The Balaban J connectivity index is 5.82. The number of amides is 4. The zero-order valence-electron chi connectivity index (χ0n) is 24.5. The standard InChI is InChI=1S/C27H50F2N4O5/c1-10-13-19(31-23(35)18(9)17(8)11-2)24(36)32-20(14-15(4)5)22(34)27(28,29)26(38)33-21(16(6)7)25(37)30-12-3/h15-22,34H,10-14H2,1-9H3,(H,30,37)(H,31,35)(H,32,36)(H,33,38)/t17-,18-,19-,20-,21-,22+/m0/s1. The van der Waals surface area contributed by atoms with Crippen LogP contribution < -0.4 is 21.3 Å². The van der Waals surface area contributed by atoms with E-state index in [4.69, 9.17) is 0 Å². The molecule has 0 saturated carbocycles. The molecule has 0 aliphatic heterocycles. The van der Waals surface area contributed by atoms with Gasteiger partial charge in [0.25, 0.3) is 5.91 Å². The van der Waals surface area contributed by atoms with Gasteiger partial charge in [0.15, 0.2) is 0 Å². The number of nitrogens with one attached hydrogen (secondary N) is 4. The van der Waals surface area contributed by atoms with Crippen molar-refractivity contribution in [1.29, 1.82) is 0 Å². The summed E-state index contributed by atoms with van der Waals surface area (Å²) < 4.78 is 30.4. The van der Waals surface area contributed by atoms with Gasteiger partial charge in [-0.15, -0.1) is 0 Å². The molecule has 0 rings (SSSR count). The second-order valence-corrected chi connectivity index (χ2v) is 10.9. The predicted molar refractivity (Wildman–Crippen MR) is 143 cm³/mol. The van der Waals surface area contributed by atoms with E-state index in [9.17, 15) is 24.3 Å². The van der Waals surface area contributed by atoms with Crippen LogP contribution in [0.1, 0.15) is 88.0 Å². The first-order valence-corrected chi connectivity index (χ1v) is 13.8. The molecule has 0 aromatic heterocycles. The first-order valence-electron chi connectivity index (χ1n) is 13.8. The summed E-state index contributed by atoms with van der Waals surface area (Å²) in [6.07, 6.45) is -1.02. The summed E-state index contributed by atoms with van der Waals surface area (Å²) in [6, 6.07) is -3.69. The quantitative estimate of drug-likeness (QED) is 0.190. The summed E-state index contributed by atoms with van der Waals surface area (Å²) >= 11 is 0. The van der Waals surface area contributed by atoms with Gasteiger partial charge in [-0.2, -0.15) is 8.78 Å². The molecule has 0 aliphatic rings. The number of hydrogen-bond acceptors (Lipinski definition) is 5. The van der Waals surface area contributed by atoms with Crippen molar-refractivity contribution in [2.75, 3.05) is 6.54 Å². The molecule has 222 valence electrons. The first kappa shape index (κ1) is 35.7. The third-order valence-electron chi connectivity index (χ3n) is 6.82. The summed E-state index contributed by atoms with van der Waals surface area (Å²) in [5.74, 6) is -8.71. The van der Waals surface area contributed by atoms with Gasteiger partial charge in [-0.1, -0.05) is 68.2 Å². The second-order valence-electron chi connectivity index (χ2n) is 10.9. The van der Waals surface area contributed by atoms with Crippen LogP contribution in [0.15, 0.2) is 0 Å². The monoisotopic (exact) mass is 548 g/mol. The Morgan fingerprint density at radius 2 is 1.42 bits per heavy atom. The molecule has 0 aromatic rings. The van der Waals surface area contributed by atoms with E-state index < -0.39 is 53.8 Å². The second kappa shape index (κ2) is 16.6. The van der Waals surface area contributed by atoms with Crippen LogP contribution in [-0.4, -0.2) is 65.4 Å². The average molecular weight is 549 g/mol. The minimum atomic E-state index is -4.30. The number of aliphatic hydroxyl groups is 1. The van der Waals surface area contributed by atoms with Crippen LogP contribution in [-0.2, 0) is 19.2 Å². The average Bonchev–Trinajstić information content (AvgIpc) is 2.84. The lowest BCUT2D eigenvalue weighted by Gasteiger charge is -2.33. The van der Waals surface area contributed by atoms with Crippen molar-refractivity contribution >= 4 is 23.6 Å². The Morgan fingerprint density at radius 3 is 1.87 bits per heavy atom. The van der Waals surface area contributed by atoms with Gasteiger partial charge in [0.2, 0.25) is 17.7 Å². The number of carbonyl (C=O) groups excluding carboxylic acids is 4. The van der Waals surface area contributed by atoms with Gasteiger partial charge in [-0.05, 0) is 37.5 Å². The Morgan fingerprint density at radius 1 is 0.842 bits per heavy atom. The summed E-state index contributed by atoms with van der Waals surface area (Å²) in [4.78, 5) is 50.6. The van der Waals surface area contributed by atoms with E-state index in [0.29, 0.717) is 6.42 Å². The zero-order chi connectivity index (χ0) is 29.8. The lowest BCUT2D eigenvalue weighted by Crippen LogP contribution is -2.62. The van der Waals surface area contributed by atoms with E-state index in [1.165, 1.54) is 0 Å². The zero-order valence-corrected chi connectivity index (χ0v) is 24.5. The SMILES string of the molecule is CCC[C@H](NC(=O)[C@@H](C)[C@@H](C)CC)C(=O)N[C@@H](CC(C)C)[C@@H](O)C(F)(F)C(=O)N[C@H](C(=O)NCC)C(C)C. The molecule has 0 aliphatic carbocycles. The third kappa shape index (κ3) is 10.8. The van der Waals surface area contributed by atoms with Gasteiger partial charge >= 0.3 is 5.92 Å². The molecule has 0 radical (unpaired) electrons. The molecule has 38 heavy (non-hydrogen) atoms. The largest absolute Gasteiger partial charge is 0.384 e. The third-order valence-corrected chi connectivity index (χ3v) is 6.82. The minimum Gasteiger partial charge on any atom is -0.384 e. The van der Waals surface area contributed by atoms with Crippen LogP contribution >= 0.6 is 0 Å². The number of halogens is 2. The van der Waals surface area contributed by atoms with Crippen LogP contribution in [0, 0.1) is 23.7 Å². The number of alkyl halides is 2. The highest BCUT2D eigenvalue weighted by Gasteiger charge is 2.51. The van der Waals surface area contributed by atoms with Gasteiger partial charge < -0.3 is 26.4 Å². The fraction of sp³-hybridized carbons (Fsp3) is 0.852. The van der Waals surface area contributed by atoms with Crippen molar-refractivity contribution in [3.05, 3.63) is 0 Å².